The van der Waals surface area contributed by atoms with Crippen molar-refractivity contribution in [3.63, 3.8) is 0 Å². The number of rotatable bonds is 8. The van der Waals surface area contributed by atoms with Gasteiger partial charge in [-0.3, -0.25) is 9.59 Å². The van der Waals surface area contributed by atoms with Gasteiger partial charge >= 0.3 is 0 Å². The van der Waals surface area contributed by atoms with E-state index in [4.69, 9.17) is 4.74 Å². The molecule has 0 radical (unpaired) electrons. The highest BCUT2D eigenvalue weighted by atomic mass is 19.1. The van der Waals surface area contributed by atoms with Gasteiger partial charge in [-0.25, -0.2) is 9.37 Å². The van der Waals surface area contributed by atoms with E-state index in [0.29, 0.717) is 11.7 Å². The minimum absolute atomic E-state index is 0.0210. The Balaban J connectivity index is 1.04. The minimum atomic E-state index is -0.504. The number of amides is 2. The summed E-state index contributed by atoms with van der Waals surface area (Å²) < 4.78 is 20.5. The van der Waals surface area contributed by atoms with Gasteiger partial charge in [-0.15, -0.1) is 10.2 Å². The van der Waals surface area contributed by atoms with Crippen LogP contribution < -0.4 is 15.0 Å². The highest BCUT2D eigenvalue weighted by Crippen LogP contribution is 2.47. The first-order chi connectivity index (χ1) is 21.8. The van der Waals surface area contributed by atoms with E-state index in [2.05, 4.69) is 44.1 Å². The van der Waals surface area contributed by atoms with Crippen LogP contribution in [0.4, 0.5) is 10.2 Å². The number of anilines is 1. The van der Waals surface area contributed by atoms with Crippen molar-refractivity contribution in [2.45, 2.75) is 104 Å². The maximum Gasteiger partial charge on any atom is 0.282 e. The van der Waals surface area contributed by atoms with Crippen molar-refractivity contribution in [3.05, 3.63) is 35.9 Å². The molecule has 2 amide bonds. The van der Waals surface area contributed by atoms with Crippen molar-refractivity contribution >= 4 is 17.6 Å². The molecule has 3 aliphatic heterocycles. The Morgan fingerprint density at radius 3 is 2.37 bits per heavy atom. The normalized spacial score (nSPS) is 25.6. The zero-order chi connectivity index (χ0) is 32.9. The summed E-state index contributed by atoms with van der Waals surface area (Å²) in [6.07, 6.45) is 9.20. The second kappa shape index (κ2) is 12.4. The number of ether oxygens (including phenoxy) is 1. The monoisotopic (exact) mass is 635 g/mol. The van der Waals surface area contributed by atoms with Crippen molar-refractivity contribution < 1.29 is 18.7 Å². The van der Waals surface area contributed by atoms with Crippen LogP contribution in [0.1, 0.15) is 96.8 Å². The van der Waals surface area contributed by atoms with Crippen LogP contribution >= 0.6 is 0 Å². The molecule has 0 atom stereocenters. The molecular formula is C35H50FN7O3. The molecule has 250 valence electrons. The van der Waals surface area contributed by atoms with E-state index in [-0.39, 0.29) is 57.5 Å². The first-order valence-corrected chi connectivity index (χ1v) is 17.1. The van der Waals surface area contributed by atoms with Crippen LogP contribution in [0.15, 0.2) is 24.5 Å². The van der Waals surface area contributed by atoms with Gasteiger partial charge in [0.1, 0.15) is 17.9 Å². The quantitative estimate of drug-likeness (QED) is 0.409. The number of carbonyl (C=O) groups is 2. The van der Waals surface area contributed by atoms with Gasteiger partial charge in [0.25, 0.3) is 11.8 Å². The van der Waals surface area contributed by atoms with Gasteiger partial charge in [-0.1, -0.05) is 13.8 Å². The summed E-state index contributed by atoms with van der Waals surface area (Å²) in [4.78, 5) is 37.0. The van der Waals surface area contributed by atoms with Crippen molar-refractivity contribution in [3.8, 4) is 11.6 Å². The topological polar surface area (TPSA) is 104 Å². The summed E-state index contributed by atoms with van der Waals surface area (Å²) >= 11 is 0. The minimum Gasteiger partial charge on any atom is -0.434 e. The van der Waals surface area contributed by atoms with Crippen LogP contribution in [0.2, 0.25) is 0 Å². The smallest absolute Gasteiger partial charge is 0.282 e. The molecule has 2 aromatic rings. The number of aromatic nitrogens is 3. The number of hydrogen-bond acceptors (Lipinski definition) is 8. The predicted molar refractivity (Wildman–Crippen MR) is 174 cm³/mol. The van der Waals surface area contributed by atoms with Gasteiger partial charge in [0, 0.05) is 48.1 Å². The molecule has 1 saturated carbocycles. The van der Waals surface area contributed by atoms with E-state index < -0.39 is 5.82 Å². The van der Waals surface area contributed by atoms with Crippen LogP contribution in [0.25, 0.3) is 0 Å². The lowest BCUT2D eigenvalue weighted by Gasteiger charge is -2.54. The molecule has 10 nitrogen and oxygen atoms in total. The van der Waals surface area contributed by atoms with Gasteiger partial charge in [-0.2, -0.15) is 0 Å². The van der Waals surface area contributed by atoms with E-state index in [0.717, 1.165) is 64.8 Å². The van der Waals surface area contributed by atoms with Crippen molar-refractivity contribution in [2.75, 3.05) is 37.6 Å². The summed E-state index contributed by atoms with van der Waals surface area (Å²) in [6.45, 7) is 17.0. The third kappa shape index (κ3) is 6.44. The lowest BCUT2D eigenvalue weighted by Crippen LogP contribution is -2.61. The zero-order valence-corrected chi connectivity index (χ0v) is 28.3. The molecule has 1 aromatic carbocycles. The van der Waals surface area contributed by atoms with Crippen molar-refractivity contribution in [1.82, 2.24) is 30.3 Å². The van der Waals surface area contributed by atoms with Gasteiger partial charge in [0.05, 0.1) is 5.56 Å². The van der Waals surface area contributed by atoms with Crippen LogP contribution in [-0.2, 0) is 4.79 Å². The van der Waals surface area contributed by atoms with Crippen LogP contribution in [0.3, 0.4) is 0 Å². The molecule has 2 spiro atoms. The Kier molecular flexibility index (Phi) is 8.76. The lowest BCUT2D eigenvalue weighted by molar-refractivity contribution is -0.126. The molecule has 1 aromatic heterocycles. The molecule has 4 fully saturated rings. The predicted octanol–water partition coefficient (Wildman–Crippen LogP) is 5.44. The molecule has 1 aliphatic carbocycles. The van der Waals surface area contributed by atoms with E-state index in [1.165, 1.54) is 37.4 Å². The number of halogens is 1. The van der Waals surface area contributed by atoms with Gasteiger partial charge < -0.3 is 24.8 Å². The third-order valence-electron chi connectivity index (χ3n) is 10.9. The summed E-state index contributed by atoms with van der Waals surface area (Å²) in [7, 11) is 0. The number of likely N-dealkylation sites (tertiary alicyclic amines) is 1. The zero-order valence-electron chi connectivity index (χ0n) is 28.3. The summed E-state index contributed by atoms with van der Waals surface area (Å²) in [6, 6.07) is 3.86. The van der Waals surface area contributed by atoms with E-state index in [9.17, 15) is 14.0 Å². The van der Waals surface area contributed by atoms with Crippen LogP contribution in [0, 0.1) is 22.6 Å². The molecule has 0 bridgehead atoms. The maximum absolute atomic E-state index is 14.4. The molecule has 0 unspecified atom stereocenters. The molecule has 1 N–H and O–H groups in total. The number of piperidine rings is 1. The number of nitrogens with one attached hydrogen (secondary N) is 1. The summed E-state index contributed by atoms with van der Waals surface area (Å²) in [5.74, 6) is 1.15. The fraction of sp³-hybridized carbons (Fsp3) is 0.686. The molecular weight excluding hydrogens is 585 g/mol. The fourth-order valence-corrected chi connectivity index (χ4v) is 8.51. The standard InChI is InChI=1S/C35H50FN7O3/c1-23(2)43(24(3)4)31(44)27-17-26(36)7-8-28(27)46-30-29(37-22-38-40-30)42-20-34(21-42)13-15-41(16-14-34)18-25-9-11-35(12-10-25)19-33(5,6)32(45)39-35/h7-8,17,22-25H,9-16,18-21H2,1-6H3,(H,39,45). The highest BCUT2D eigenvalue weighted by molar-refractivity contribution is 5.97. The average Bonchev–Trinajstić information content (AvgIpc) is 3.21. The van der Waals surface area contributed by atoms with E-state index in [1.54, 1.807) is 4.90 Å². The molecule has 3 saturated heterocycles. The Bertz CT molecular complexity index is 1430. The lowest BCUT2D eigenvalue weighted by atomic mass is 9.70. The summed E-state index contributed by atoms with van der Waals surface area (Å²) in [5, 5.41) is 11.6. The maximum atomic E-state index is 14.4. The Morgan fingerprint density at radius 2 is 1.76 bits per heavy atom. The molecule has 46 heavy (non-hydrogen) atoms. The van der Waals surface area contributed by atoms with E-state index in [1.807, 2.05) is 27.7 Å². The average molecular weight is 636 g/mol. The second-order valence-corrected chi connectivity index (χ2v) is 15.6. The van der Waals surface area contributed by atoms with Crippen LogP contribution in [0.5, 0.6) is 11.6 Å². The second-order valence-electron chi connectivity index (χ2n) is 15.6. The van der Waals surface area contributed by atoms with Crippen molar-refractivity contribution in [2.24, 2.45) is 16.7 Å². The molecule has 4 aliphatic rings. The Morgan fingerprint density at radius 1 is 1.09 bits per heavy atom. The Hall–Kier alpha value is -3.34. The number of hydrogen-bond donors (Lipinski definition) is 1. The molecule has 6 rings (SSSR count). The van der Waals surface area contributed by atoms with Crippen LogP contribution in [-0.4, -0.2) is 87.1 Å². The number of nitrogens with zero attached hydrogens (tertiary/aromatic N) is 6. The van der Waals surface area contributed by atoms with Gasteiger partial charge in [0.15, 0.2) is 5.82 Å². The summed E-state index contributed by atoms with van der Waals surface area (Å²) in [5.41, 5.74) is 0.163. The number of carbonyl (C=O) groups excluding carboxylic acids is 2. The Labute approximate surface area is 272 Å². The highest BCUT2D eigenvalue weighted by Gasteiger charge is 2.50. The SMILES string of the molecule is CC(C)N(C(=O)c1cc(F)ccc1Oc1nncnc1N1CC2(CCN(CC3CCC4(CC3)CC(C)(C)C(=O)N4)CC2)C1)C(C)C. The van der Waals surface area contributed by atoms with Gasteiger partial charge in [0.2, 0.25) is 5.91 Å². The fourth-order valence-electron chi connectivity index (χ4n) is 8.51. The molecule has 4 heterocycles. The largest absolute Gasteiger partial charge is 0.434 e. The molecule has 11 heteroatoms. The third-order valence-corrected chi connectivity index (χ3v) is 10.9. The van der Waals surface area contributed by atoms with Crippen molar-refractivity contribution in [1.29, 1.82) is 0 Å². The first kappa shape index (κ1) is 32.6. The first-order valence-electron chi connectivity index (χ1n) is 17.1. The van der Waals surface area contributed by atoms with E-state index >= 15 is 0 Å². The van der Waals surface area contributed by atoms with Gasteiger partial charge in [-0.05, 0) is 110 Å². The number of benzene rings is 1.